The van der Waals surface area contributed by atoms with Crippen molar-refractivity contribution in [2.75, 3.05) is 20.8 Å². The van der Waals surface area contributed by atoms with Gasteiger partial charge in [-0.05, 0) is 23.3 Å². The predicted molar refractivity (Wildman–Crippen MR) is 60.5 cm³/mol. The Balaban J connectivity index is 3.05. The van der Waals surface area contributed by atoms with Gasteiger partial charge in [0.15, 0.2) is 0 Å². The minimum atomic E-state index is -0.991. The van der Waals surface area contributed by atoms with E-state index in [0.717, 1.165) is 11.6 Å². The lowest BCUT2D eigenvalue weighted by Gasteiger charge is -2.07. The highest BCUT2D eigenvalue weighted by Gasteiger charge is 2.05. The Kier molecular flexibility index (Phi) is 4.54. The van der Waals surface area contributed by atoms with Crippen molar-refractivity contribution in [3.8, 4) is 5.75 Å². The Morgan fingerprint density at radius 3 is 2.75 bits per heavy atom. The van der Waals surface area contributed by atoms with E-state index in [1.54, 1.807) is 25.3 Å². The van der Waals surface area contributed by atoms with Gasteiger partial charge in [-0.3, -0.25) is 0 Å². The molecule has 1 rings (SSSR count). The number of aliphatic carboxylic acids is 1. The predicted octanol–water partition coefficient (Wildman–Crippen LogP) is 1.81. The molecule has 0 heterocycles. The molecule has 0 aliphatic heterocycles. The van der Waals surface area contributed by atoms with Gasteiger partial charge in [0, 0.05) is 13.2 Å². The van der Waals surface area contributed by atoms with Crippen LogP contribution in [0.5, 0.6) is 5.75 Å². The van der Waals surface area contributed by atoms with Crippen molar-refractivity contribution < 1.29 is 19.4 Å². The molecule has 0 aliphatic rings. The topological polar surface area (TPSA) is 55.8 Å². The van der Waals surface area contributed by atoms with E-state index in [0.29, 0.717) is 11.3 Å². The van der Waals surface area contributed by atoms with E-state index < -0.39 is 5.97 Å². The lowest BCUT2D eigenvalue weighted by Crippen LogP contribution is -1.99. The van der Waals surface area contributed by atoms with Gasteiger partial charge in [0.25, 0.3) is 0 Å². The molecule has 4 nitrogen and oxygen atoms in total. The zero-order chi connectivity index (χ0) is 12.0. The highest BCUT2D eigenvalue weighted by molar-refractivity contribution is 5.90. The first-order valence-corrected chi connectivity index (χ1v) is 4.74. The number of carboxylic acid groups (broad SMARTS) is 1. The molecule has 86 valence electrons. The molecule has 0 spiro atoms. The summed E-state index contributed by atoms with van der Waals surface area (Å²) in [6.07, 6.45) is 1.14. The fourth-order valence-electron chi connectivity index (χ4n) is 1.34. The van der Waals surface area contributed by atoms with Crippen LogP contribution < -0.4 is 4.74 Å². The van der Waals surface area contributed by atoms with Crippen molar-refractivity contribution in [3.05, 3.63) is 35.9 Å². The average molecular weight is 222 g/mol. The normalized spacial score (nSPS) is 11.2. The van der Waals surface area contributed by atoms with Crippen LogP contribution >= 0.6 is 0 Å². The lowest BCUT2D eigenvalue weighted by atomic mass is 10.1. The van der Waals surface area contributed by atoms with Gasteiger partial charge in [-0.2, -0.15) is 0 Å². The molecule has 1 aromatic carbocycles. The maximum atomic E-state index is 10.6. The second-order valence-electron chi connectivity index (χ2n) is 3.17. The molecule has 1 aromatic rings. The van der Waals surface area contributed by atoms with Crippen LogP contribution in [-0.2, 0) is 9.53 Å². The molecule has 4 heteroatoms. The number of carboxylic acids is 1. The van der Waals surface area contributed by atoms with Gasteiger partial charge < -0.3 is 14.6 Å². The molecule has 0 amide bonds. The van der Waals surface area contributed by atoms with E-state index in [1.165, 1.54) is 7.11 Å². The van der Waals surface area contributed by atoms with Gasteiger partial charge >= 0.3 is 5.97 Å². The van der Waals surface area contributed by atoms with Crippen molar-refractivity contribution in [1.82, 2.24) is 0 Å². The summed E-state index contributed by atoms with van der Waals surface area (Å²) in [5, 5.41) is 8.74. The minimum absolute atomic E-state index is 0.249. The summed E-state index contributed by atoms with van der Waals surface area (Å²) < 4.78 is 10.0. The molecule has 0 atom stereocenters. The van der Waals surface area contributed by atoms with Crippen molar-refractivity contribution in [2.45, 2.75) is 0 Å². The summed E-state index contributed by atoms with van der Waals surface area (Å²) in [4.78, 5) is 10.6. The zero-order valence-electron chi connectivity index (χ0n) is 9.27. The minimum Gasteiger partial charge on any atom is -0.497 e. The van der Waals surface area contributed by atoms with Crippen LogP contribution in [0, 0.1) is 0 Å². The molecule has 0 saturated carbocycles. The van der Waals surface area contributed by atoms with Crippen molar-refractivity contribution in [3.63, 3.8) is 0 Å². The first kappa shape index (κ1) is 12.3. The SMILES string of the molecule is COC/C(=C\C(=O)O)c1cccc(OC)c1. The number of carbonyl (C=O) groups is 1. The van der Waals surface area contributed by atoms with Crippen LogP contribution in [0.2, 0.25) is 0 Å². The van der Waals surface area contributed by atoms with Gasteiger partial charge in [-0.1, -0.05) is 12.1 Å². The third-order valence-corrected chi connectivity index (χ3v) is 2.04. The molecule has 1 N–H and O–H groups in total. The fourth-order valence-corrected chi connectivity index (χ4v) is 1.34. The second kappa shape index (κ2) is 5.92. The highest BCUT2D eigenvalue weighted by atomic mass is 16.5. The van der Waals surface area contributed by atoms with E-state index in [2.05, 4.69) is 0 Å². The quantitative estimate of drug-likeness (QED) is 0.772. The molecule has 0 saturated heterocycles. The molecule has 0 aliphatic carbocycles. The molecular formula is C12H14O4. The molecule has 16 heavy (non-hydrogen) atoms. The van der Waals surface area contributed by atoms with Crippen LogP contribution in [0.15, 0.2) is 30.3 Å². The fraction of sp³-hybridized carbons (Fsp3) is 0.250. The zero-order valence-corrected chi connectivity index (χ0v) is 9.27. The van der Waals surface area contributed by atoms with Crippen molar-refractivity contribution in [2.24, 2.45) is 0 Å². The Morgan fingerprint density at radius 2 is 2.19 bits per heavy atom. The molecular weight excluding hydrogens is 208 g/mol. The van der Waals surface area contributed by atoms with Crippen molar-refractivity contribution in [1.29, 1.82) is 0 Å². The number of benzene rings is 1. The van der Waals surface area contributed by atoms with E-state index >= 15 is 0 Å². The van der Waals surface area contributed by atoms with Gasteiger partial charge in [0.1, 0.15) is 5.75 Å². The van der Waals surface area contributed by atoms with Crippen LogP contribution in [0.4, 0.5) is 0 Å². The second-order valence-corrected chi connectivity index (χ2v) is 3.17. The average Bonchev–Trinajstić information content (AvgIpc) is 2.28. The molecule has 0 aromatic heterocycles. The number of ether oxygens (including phenoxy) is 2. The molecule has 0 radical (unpaired) electrons. The highest BCUT2D eigenvalue weighted by Crippen LogP contribution is 2.20. The smallest absolute Gasteiger partial charge is 0.328 e. The Labute approximate surface area is 94.1 Å². The van der Waals surface area contributed by atoms with Crippen LogP contribution in [0.1, 0.15) is 5.56 Å². The summed E-state index contributed by atoms with van der Waals surface area (Å²) in [5.41, 5.74) is 1.39. The monoisotopic (exact) mass is 222 g/mol. The summed E-state index contributed by atoms with van der Waals surface area (Å²) in [7, 11) is 3.09. The standard InChI is InChI=1S/C12H14O4/c1-15-8-10(7-12(13)14)9-4-3-5-11(6-9)16-2/h3-7H,8H2,1-2H3,(H,13,14)/b10-7+. The summed E-state index contributed by atoms with van der Waals surface area (Å²) in [6, 6.07) is 7.19. The van der Waals surface area contributed by atoms with Gasteiger partial charge in [0.2, 0.25) is 0 Å². The molecule has 0 unspecified atom stereocenters. The van der Waals surface area contributed by atoms with E-state index in [9.17, 15) is 4.79 Å². The van der Waals surface area contributed by atoms with Gasteiger partial charge in [0.05, 0.1) is 13.7 Å². The van der Waals surface area contributed by atoms with Crippen LogP contribution in [-0.4, -0.2) is 31.9 Å². The Bertz CT molecular complexity index is 396. The lowest BCUT2D eigenvalue weighted by molar-refractivity contribution is -0.131. The van der Waals surface area contributed by atoms with Crippen LogP contribution in [0.3, 0.4) is 0 Å². The number of methoxy groups -OCH3 is 2. The number of rotatable bonds is 5. The Hall–Kier alpha value is -1.81. The third-order valence-electron chi connectivity index (χ3n) is 2.04. The van der Waals surface area contributed by atoms with E-state index in [1.807, 2.05) is 6.07 Å². The first-order chi connectivity index (χ1) is 7.67. The van der Waals surface area contributed by atoms with E-state index in [4.69, 9.17) is 14.6 Å². The Morgan fingerprint density at radius 1 is 1.44 bits per heavy atom. The summed E-state index contributed by atoms with van der Waals surface area (Å²) in [5.74, 6) is -0.306. The third kappa shape index (κ3) is 3.40. The summed E-state index contributed by atoms with van der Waals surface area (Å²) in [6.45, 7) is 0.249. The molecule has 0 fully saturated rings. The van der Waals surface area contributed by atoms with Crippen molar-refractivity contribution >= 4 is 11.5 Å². The molecule has 0 bridgehead atoms. The summed E-state index contributed by atoms with van der Waals surface area (Å²) >= 11 is 0. The largest absolute Gasteiger partial charge is 0.497 e. The number of hydrogen-bond acceptors (Lipinski definition) is 3. The first-order valence-electron chi connectivity index (χ1n) is 4.74. The number of hydrogen-bond donors (Lipinski definition) is 1. The maximum absolute atomic E-state index is 10.6. The van der Waals surface area contributed by atoms with Gasteiger partial charge in [-0.15, -0.1) is 0 Å². The van der Waals surface area contributed by atoms with Gasteiger partial charge in [-0.25, -0.2) is 4.79 Å². The maximum Gasteiger partial charge on any atom is 0.328 e. The van der Waals surface area contributed by atoms with Crippen LogP contribution in [0.25, 0.3) is 5.57 Å². The van der Waals surface area contributed by atoms with E-state index in [-0.39, 0.29) is 6.61 Å².